The van der Waals surface area contributed by atoms with Crippen molar-refractivity contribution in [1.82, 2.24) is 5.32 Å². The number of carbonyl (C=O) groups is 2. The van der Waals surface area contributed by atoms with Crippen LogP contribution in [0.1, 0.15) is 27.9 Å². The molecular formula is C19H14IN3O4. The number of benzene rings is 2. The quantitative estimate of drug-likeness (QED) is 0.594. The number of carboxylic acids is 1. The summed E-state index contributed by atoms with van der Waals surface area (Å²) in [5.41, 5.74) is 1.15. The van der Waals surface area contributed by atoms with Gasteiger partial charge in [0.1, 0.15) is 12.4 Å². The molecule has 7 nitrogen and oxygen atoms in total. The third-order valence-corrected chi connectivity index (χ3v) is 4.42. The lowest BCUT2D eigenvalue weighted by Gasteiger charge is -2.18. The zero-order chi connectivity index (χ0) is 19.8. The molecule has 0 aliphatic rings. The zero-order valence-corrected chi connectivity index (χ0v) is 16.1. The first-order valence-electron chi connectivity index (χ1n) is 7.78. The Bertz CT molecular complexity index is 929. The molecule has 0 unspecified atom stereocenters. The Morgan fingerprint density at radius 3 is 2.33 bits per heavy atom. The van der Waals surface area contributed by atoms with E-state index in [1.807, 2.05) is 34.7 Å². The van der Waals surface area contributed by atoms with Crippen molar-refractivity contribution in [1.29, 1.82) is 10.5 Å². The van der Waals surface area contributed by atoms with E-state index in [9.17, 15) is 9.59 Å². The van der Waals surface area contributed by atoms with Gasteiger partial charge in [-0.05, 0) is 65.1 Å². The molecule has 1 amide bonds. The molecule has 0 radical (unpaired) electrons. The fourth-order valence-corrected chi connectivity index (χ4v) is 2.69. The molecule has 0 fully saturated rings. The Morgan fingerprint density at radius 1 is 1.11 bits per heavy atom. The highest BCUT2D eigenvalue weighted by Gasteiger charge is 2.18. The van der Waals surface area contributed by atoms with E-state index in [1.165, 1.54) is 24.3 Å². The molecule has 8 heteroatoms. The first kappa shape index (κ1) is 20.2. The molecule has 0 aliphatic heterocycles. The minimum absolute atomic E-state index is 0.0702. The molecule has 1 atom stereocenters. The fourth-order valence-electron chi connectivity index (χ4n) is 2.20. The van der Waals surface area contributed by atoms with Crippen molar-refractivity contribution in [3.05, 3.63) is 62.7 Å². The Hall–Kier alpha value is -3.11. The first-order valence-corrected chi connectivity index (χ1v) is 8.86. The molecule has 2 aromatic carbocycles. The van der Waals surface area contributed by atoms with Crippen LogP contribution < -0.4 is 10.1 Å². The largest absolute Gasteiger partial charge is 0.490 e. The van der Waals surface area contributed by atoms with Gasteiger partial charge in [-0.1, -0.05) is 0 Å². The van der Waals surface area contributed by atoms with E-state index in [1.54, 1.807) is 18.2 Å². The van der Waals surface area contributed by atoms with Gasteiger partial charge in [-0.25, -0.2) is 0 Å². The first-order chi connectivity index (χ1) is 12.9. The van der Waals surface area contributed by atoms with Gasteiger partial charge in [-0.2, -0.15) is 10.5 Å². The second-order valence-electron chi connectivity index (χ2n) is 5.53. The van der Waals surface area contributed by atoms with E-state index in [4.69, 9.17) is 20.4 Å². The van der Waals surface area contributed by atoms with Gasteiger partial charge in [0.2, 0.25) is 0 Å². The summed E-state index contributed by atoms with van der Waals surface area (Å²) in [7, 11) is 0. The number of hydrogen-bond acceptors (Lipinski definition) is 5. The maximum absolute atomic E-state index is 12.3. The summed E-state index contributed by atoms with van der Waals surface area (Å²) in [4.78, 5) is 23.4. The minimum atomic E-state index is -1.08. The normalized spacial score (nSPS) is 10.9. The number of ether oxygens (including phenoxy) is 1. The molecular weight excluding hydrogens is 461 g/mol. The van der Waals surface area contributed by atoms with Crippen LogP contribution in [-0.2, 0) is 4.79 Å². The lowest BCUT2D eigenvalue weighted by molar-refractivity contribution is -0.137. The highest BCUT2D eigenvalue weighted by molar-refractivity contribution is 14.1. The summed E-state index contributed by atoms with van der Waals surface area (Å²) >= 11 is 2.04. The molecule has 2 rings (SSSR count). The lowest BCUT2D eigenvalue weighted by atomic mass is 10.1. The maximum atomic E-state index is 12.3. The molecule has 0 saturated heterocycles. The van der Waals surface area contributed by atoms with Crippen molar-refractivity contribution in [3.63, 3.8) is 0 Å². The Kier molecular flexibility index (Phi) is 7.15. The van der Waals surface area contributed by atoms with Crippen molar-refractivity contribution in [2.75, 3.05) is 6.61 Å². The number of nitrogens with zero attached hydrogens (tertiary/aromatic N) is 2. The second-order valence-corrected chi connectivity index (χ2v) is 6.69. The molecule has 0 spiro atoms. The van der Waals surface area contributed by atoms with Gasteiger partial charge in [0, 0.05) is 5.56 Å². The third kappa shape index (κ3) is 5.97. The van der Waals surface area contributed by atoms with Crippen molar-refractivity contribution in [2.45, 2.75) is 12.5 Å². The highest BCUT2D eigenvalue weighted by Crippen LogP contribution is 2.22. The Morgan fingerprint density at radius 2 is 1.74 bits per heavy atom. The van der Waals surface area contributed by atoms with Gasteiger partial charge >= 0.3 is 5.97 Å². The van der Waals surface area contributed by atoms with Crippen molar-refractivity contribution in [3.8, 4) is 17.9 Å². The Balaban J connectivity index is 2.08. The Labute approximate surface area is 169 Å². The van der Waals surface area contributed by atoms with E-state index >= 15 is 0 Å². The fraction of sp³-hybridized carbons (Fsp3) is 0.158. The molecule has 0 bridgehead atoms. The minimum Gasteiger partial charge on any atom is -0.490 e. The van der Waals surface area contributed by atoms with Gasteiger partial charge in [0.15, 0.2) is 0 Å². The summed E-state index contributed by atoms with van der Waals surface area (Å²) in [5.74, 6) is -1.10. The van der Waals surface area contributed by atoms with Gasteiger partial charge in [-0.15, -0.1) is 0 Å². The van der Waals surface area contributed by atoms with E-state index in [0.717, 1.165) is 3.57 Å². The van der Waals surface area contributed by atoms with Crippen LogP contribution in [-0.4, -0.2) is 29.6 Å². The summed E-state index contributed by atoms with van der Waals surface area (Å²) in [5, 5.41) is 29.5. The molecule has 0 heterocycles. The standard InChI is InChI=1S/C19H14IN3O4/c20-16-6-3-13(10-22)7-17(16)27-11-15(8-18(24)25)23-19(26)14-4-1-12(9-21)2-5-14/h1-7,15H,8,11H2,(H,23,26)(H,24,25)/t15-/m1/s1. The smallest absolute Gasteiger partial charge is 0.305 e. The summed E-state index contributed by atoms with van der Waals surface area (Å²) in [6.45, 7) is -0.0702. The average molecular weight is 475 g/mol. The predicted molar refractivity (Wildman–Crippen MR) is 104 cm³/mol. The molecule has 0 aliphatic carbocycles. The van der Waals surface area contributed by atoms with Crippen LogP contribution in [0, 0.1) is 26.2 Å². The molecule has 0 saturated carbocycles. The number of rotatable bonds is 7. The molecule has 136 valence electrons. The van der Waals surface area contributed by atoms with Crippen LogP contribution in [0.15, 0.2) is 42.5 Å². The number of carbonyl (C=O) groups excluding carboxylic acids is 1. The van der Waals surface area contributed by atoms with Gasteiger partial charge < -0.3 is 15.2 Å². The summed E-state index contributed by atoms with van der Waals surface area (Å²) in [6.07, 6.45) is -0.323. The van der Waals surface area contributed by atoms with Crippen LogP contribution in [0.3, 0.4) is 0 Å². The SMILES string of the molecule is N#Cc1ccc(C(=O)N[C@@H](COc2cc(C#N)ccc2I)CC(=O)O)cc1. The van der Waals surface area contributed by atoms with Crippen molar-refractivity contribution in [2.24, 2.45) is 0 Å². The third-order valence-electron chi connectivity index (χ3n) is 3.53. The van der Waals surface area contributed by atoms with E-state index < -0.39 is 17.9 Å². The van der Waals surface area contributed by atoms with Crippen molar-refractivity contribution >= 4 is 34.5 Å². The number of nitrogens with one attached hydrogen (secondary N) is 1. The van der Waals surface area contributed by atoms with Crippen LogP contribution >= 0.6 is 22.6 Å². The number of carboxylic acid groups (broad SMARTS) is 1. The predicted octanol–water partition coefficient (Wildman–Crippen LogP) is 2.69. The van der Waals surface area contributed by atoms with E-state index in [2.05, 4.69) is 5.32 Å². The zero-order valence-electron chi connectivity index (χ0n) is 14.0. The molecule has 0 aromatic heterocycles. The van der Waals surface area contributed by atoms with Crippen LogP contribution in [0.4, 0.5) is 0 Å². The highest BCUT2D eigenvalue weighted by atomic mass is 127. The number of aliphatic carboxylic acids is 1. The number of hydrogen-bond donors (Lipinski definition) is 2. The van der Waals surface area contributed by atoms with Gasteiger partial charge in [0.05, 0.1) is 39.3 Å². The molecule has 27 heavy (non-hydrogen) atoms. The number of halogens is 1. The average Bonchev–Trinajstić information content (AvgIpc) is 2.66. The monoisotopic (exact) mass is 475 g/mol. The van der Waals surface area contributed by atoms with Crippen LogP contribution in [0.25, 0.3) is 0 Å². The maximum Gasteiger partial charge on any atom is 0.305 e. The topological polar surface area (TPSA) is 123 Å². The summed E-state index contributed by atoms with van der Waals surface area (Å²) < 4.78 is 6.40. The number of nitriles is 2. The lowest BCUT2D eigenvalue weighted by Crippen LogP contribution is -2.40. The summed E-state index contributed by atoms with van der Waals surface area (Å²) in [6, 6.07) is 14.1. The molecule has 2 N–H and O–H groups in total. The van der Waals surface area contributed by atoms with Crippen molar-refractivity contribution < 1.29 is 19.4 Å². The van der Waals surface area contributed by atoms with Crippen LogP contribution in [0.2, 0.25) is 0 Å². The number of amides is 1. The van der Waals surface area contributed by atoms with E-state index in [-0.39, 0.29) is 13.0 Å². The van der Waals surface area contributed by atoms with Gasteiger partial charge in [-0.3, -0.25) is 9.59 Å². The van der Waals surface area contributed by atoms with E-state index in [0.29, 0.717) is 22.4 Å². The van der Waals surface area contributed by atoms with Gasteiger partial charge in [0.25, 0.3) is 5.91 Å². The van der Waals surface area contributed by atoms with Crippen LogP contribution in [0.5, 0.6) is 5.75 Å². The second kappa shape index (κ2) is 9.55. The molecule has 2 aromatic rings.